The summed E-state index contributed by atoms with van der Waals surface area (Å²) in [4.78, 5) is 11.4. The topological polar surface area (TPSA) is 38.3 Å². The van der Waals surface area contributed by atoms with E-state index in [1.807, 2.05) is 0 Å². The van der Waals surface area contributed by atoms with Crippen LogP contribution in [0, 0.1) is 11.8 Å². The molecule has 1 aliphatic rings. The number of piperidine rings is 1. The van der Waals surface area contributed by atoms with E-state index in [-0.39, 0.29) is 5.97 Å². The molecular weight excluding hydrogens is 202 g/mol. The van der Waals surface area contributed by atoms with Crippen molar-refractivity contribution in [3.05, 3.63) is 0 Å². The minimum atomic E-state index is -0.0146. The Labute approximate surface area is 98.9 Å². The number of ether oxygens (including phenoxy) is 1. The van der Waals surface area contributed by atoms with Crippen LogP contribution in [0.1, 0.15) is 46.0 Å². The highest BCUT2D eigenvalue weighted by Crippen LogP contribution is 2.17. The third-order valence-electron chi connectivity index (χ3n) is 3.17. The van der Waals surface area contributed by atoms with Gasteiger partial charge in [0, 0.05) is 6.42 Å². The first-order chi connectivity index (χ1) is 7.68. The maximum absolute atomic E-state index is 11.4. The van der Waals surface area contributed by atoms with E-state index in [9.17, 15) is 4.79 Å². The molecule has 0 aromatic carbocycles. The van der Waals surface area contributed by atoms with Crippen LogP contribution in [0.25, 0.3) is 0 Å². The van der Waals surface area contributed by atoms with Gasteiger partial charge in [-0.3, -0.25) is 4.79 Å². The Morgan fingerprint density at radius 1 is 1.38 bits per heavy atom. The second-order valence-corrected chi connectivity index (χ2v) is 5.14. The van der Waals surface area contributed by atoms with Crippen LogP contribution in [0.5, 0.6) is 0 Å². The molecule has 0 atom stereocenters. The minimum Gasteiger partial charge on any atom is -0.466 e. The fraction of sp³-hybridized carbons (Fsp3) is 0.923. The van der Waals surface area contributed by atoms with Gasteiger partial charge >= 0.3 is 5.97 Å². The van der Waals surface area contributed by atoms with Gasteiger partial charge in [0.15, 0.2) is 0 Å². The van der Waals surface area contributed by atoms with Crippen LogP contribution in [0.3, 0.4) is 0 Å². The molecule has 1 saturated heterocycles. The molecule has 0 aromatic rings. The SMILES string of the molecule is CC(C)CCOC(=O)CCC1CCNCC1. The van der Waals surface area contributed by atoms with Gasteiger partial charge < -0.3 is 10.1 Å². The summed E-state index contributed by atoms with van der Waals surface area (Å²) in [6.45, 7) is 7.08. The normalized spacial score (nSPS) is 17.7. The molecule has 0 amide bonds. The number of nitrogens with one attached hydrogen (secondary N) is 1. The fourth-order valence-corrected chi connectivity index (χ4v) is 1.97. The highest BCUT2D eigenvalue weighted by Gasteiger charge is 2.14. The molecule has 0 aliphatic carbocycles. The van der Waals surface area contributed by atoms with Crippen molar-refractivity contribution >= 4 is 5.97 Å². The van der Waals surface area contributed by atoms with Gasteiger partial charge in [-0.15, -0.1) is 0 Å². The minimum absolute atomic E-state index is 0.0146. The third-order valence-corrected chi connectivity index (χ3v) is 3.17. The maximum Gasteiger partial charge on any atom is 0.305 e. The average Bonchev–Trinajstić information content (AvgIpc) is 2.27. The van der Waals surface area contributed by atoms with Gasteiger partial charge in [0.2, 0.25) is 0 Å². The maximum atomic E-state index is 11.4. The van der Waals surface area contributed by atoms with E-state index in [4.69, 9.17) is 4.74 Å². The summed E-state index contributed by atoms with van der Waals surface area (Å²) in [6, 6.07) is 0. The van der Waals surface area contributed by atoms with Crippen LogP contribution < -0.4 is 5.32 Å². The van der Waals surface area contributed by atoms with Gasteiger partial charge in [-0.1, -0.05) is 13.8 Å². The molecule has 0 spiro atoms. The highest BCUT2D eigenvalue weighted by molar-refractivity contribution is 5.69. The molecule has 1 rings (SSSR count). The molecule has 1 aliphatic heterocycles. The van der Waals surface area contributed by atoms with Crippen molar-refractivity contribution in [1.82, 2.24) is 5.32 Å². The zero-order valence-electron chi connectivity index (χ0n) is 10.6. The molecule has 0 radical (unpaired) electrons. The van der Waals surface area contributed by atoms with Crippen molar-refractivity contribution in [1.29, 1.82) is 0 Å². The van der Waals surface area contributed by atoms with Gasteiger partial charge in [0.05, 0.1) is 6.61 Å². The van der Waals surface area contributed by atoms with Crippen LogP contribution in [0.15, 0.2) is 0 Å². The predicted molar refractivity (Wildman–Crippen MR) is 65.2 cm³/mol. The monoisotopic (exact) mass is 227 g/mol. The van der Waals surface area contributed by atoms with Gasteiger partial charge in [0.1, 0.15) is 0 Å². The zero-order chi connectivity index (χ0) is 11.8. The van der Waals surface area contributed by atoms with E-state index >= 15 is 0 Å². The van der Waals surface area contributed by atoms with Crippen LogP contribution in [0.2, 0.25) is 0 Å². The highest BCUT2D eigenvalue weighted by atomic mass is 16.5. The van der Waals surface area contributed by atoms with E-state index in [1.165, 1.54) is 12.8 Å². The fourth-order valence-electron chi connectivity index (χ4n) is 1.97. The van der Waals surface area contributed by atoms with Gasteiger partial charge in [-0.25, -0.2) is 0 Å². The summed E-state index contributed by atoms with van der Waals surface area (Å²) in [7, 11) is 0. The molecule has 94 valence electrons. The Balaban J connectivity index is 2.00. The summed E-state index contributed by atoms with van der Waals surface area (Å²) in [6.07, 6.45) is 4.99. The molecule has 0 unspecified atom stereocenters. The summed E-state index contributed by atoms with van der Waals surface area (Å²) >= 11 is 0. The lowest BCUT2D eigenvalue weighted by Crippen LogP contribution is -2.28. The molecule has 16 heavy (non-hydrogen) atoms. The van der Waals surface area contributed by atoms with Crippen molar-refractivity contribution in [2.75, 3.05) is 19.7 Å². The second kappa shape index (κ2) is 7.66. The van der Waals surface area contributed by atoms with E-state index in [1.54, 1.807) is 0 Å². The first kappa shape index (κ1) is 13.5. The summed E-state index contributed by atoms with van der Waals surface area (Å²) in [5.41, 5.74) is 0. The molecule has 3 nitrogen and oxygen atoms in total. The first-order valence-corrected chi connectivity index (χ1v) is 6.55. The van der Waals surface area contributed by atoms with Crippen LogP contribution >= 0.6 is 0 Å². The van der Waals surface area contributed by atoms with Crippen molar-refractivity contribution in [2.45, 2.75) is 46.0 Å². The summed E-state index contributed by atoms with van der Waals surface area (Å²) in [5.74, 6) is 1.32. The second-order valence-electron chi connectivity index (χ2n) is 5.14. The summed E-state index contributed by atoms with van der Waals surface area (Å²) < 4.78 is 5.19. The lowest BCUT2D eigenvalue weighted by atomic mass is 9.93. The Hall–Kier alpha value is -0.570. The standard InChI is InChI=1S/C13H25NO2/c1-11(2)7-10-16-13(15)4-3-12-5-8-14-9-6-12/h11-12,14H,3-10H2,1-2H3. The number of esters is 1. The Bertz CT molecular complexity index is 198. The van der Waals surface area contributed by atoms with E-state index in [2.05, 4.69) is 19.2 Å². The smallest absolute Gasteiger partial charge is 0.305 e. The van der Waals surface area contributed by atoms with Crippen LogP contribution in [0.4, 0.5) is 0 Å². The number of hydrogen-bond donors (Lipinski definition) is 1. The van der Waals surface area contributed by atoms with Crippen LogP contribution in [-0.4, -0.2) is 25.7 Å². The number of carbonyl (C=O) groups excluding carboxylic acids is 1. The molecule has 1 heterocycles. The van der Waals surface area contributed by atoms with Gasteiger partial charge in [-0.2, -0.15) is 0 Å². The largest absolute Gasteiger partial charge is 0.466 e. The number of rotatable bonds is 6. The van der Waals surface area contributed by atoms with Crippen molar-refractivity contribution in [3.8, 4) is 0 Å². The lowest BCUT2D eigenvalue weighted by molar-refractivity contribution is -0.144. The Morgan fingerprint density at radius 2 is 2.06 bits per heavy atom. The molecule has 0 aromatic heterocycles. The van der Waals surface area contributed by atoms with Crippen molar-refractivity contribution < 1.29 is 9.53 Å². The lowest BCUT2D eigenvalue weighted by Gasteiger charge is -2.21. The van der Waals surface area contributed by atoms with Crippen molar-refractivity contribution in [2.24, 2.45) is 11.8 Å². The molecule has 0 saturated carbocycles. The average molecular weight is 227 g/mol. The van der Waals surface area contributed by atoms with Gasteiger partial charge in [0.25, 0.3) is 0 Å². The Morgan fingerprint density at radius 3 is 2.69 bits per heavy atom. The molecule has 1 N–H and O–H groups in total. The molecule has 0 bridgehead atoms. The number of carbonyl (C=O) groups is 1. The number of hydrogen-bond acceptors (Lipinski definition) is 3. The zero-order valence-corrected chi connectivity index (χ0v) is 10.6. The summed E-state index contributed by atoms with van der Waals surface area (Å²) in [5, 5.41) is 3.33. The van der Waals surface area contributed by atoms with Crippen molar-refractivity contribution in [3.63, 3.8) is 0 Å². The molecular formula is C13H25NO2. The molecule has 1 fully saturated rings. The van der Waals surface area contributed by atoms with E-state index < -0.39 is 0 Å². The quantitative estimate of drug-likeness (QED) is 0.708. The van der Waals surface area contributed by atoms with Gasteiger partial charge in [-0.05, 0) is 50.6 Å². The predicted octanol–water partition coefficient (Wildman–Crippen LogP) is 2.36. The van der Waals surface area contributed by atoms with E-state index in [0.29, 0.717) is 18.9 Å². The Kier molecular flexibility index (Phi) is 6.46. The first-order valence-electron chi connectivity index (χ1n) is 6.55. The third kappa shape index (κ3) is 6.11. The van der Waals surface area contributed by atoms with E-state index in [0.717, 1.165) is 31.8 Å². The molecule has 3 heteroatoms. The van der Waals surface area contributed by atoms with Crippen LogP contribution in [-0.2, 0) is 9.53 Å².